The van der Waals surface area contributed by atoms with E-state index in [1.54, 1.807) is 0 Å². The number of nitrogens with one attached hydrogen (secondary N) is 3. The van der Waals surface area contributed by atoms with Crippen molar-refractivity contribution in [3.05, 3.63) is 0 Å². The highest BCUT2D eigenvalue weighted by atomic mass is 16.6. The van der Waals surface area contributed by atoms with Crippen LogP contribution in [0.2, 0.25) is 0 Å². The summed E-state index contributed by atoms with van der Waals surface area (Å²) >= 11 is 0. The number of carbonyl (C=O) groups is 3. The normalized spacial score (nSPS) is 11.7. The molecule has 0 saturated heterocycles. The van der Waals surface area contributed by atoms with Crippen LogP contribution in [-0.4, -0.2) is 88.9 Å². The molecule has 0 aliphatic heterocycles. The first-order chi connectivity index (χ1) is 30.1. The molecule has 62 heavy (non-hydrogen) atoms. The van der Waals surface area contributed by atoms with E-state index in [0.29, 0.717) is 19.6 Å². The first-order valence-electron chi connectivity index (χ1n) is 26.6. The van der Waals surface area contributed by atoms with Crippen LogP contribution in [0.25, 0.3) is 0 Å². The average Bonchev–Trinajstić information content (AvgIpc) is 3.25. The van der Waals surface area contributed by atoms with Gasteiger partial charge in [0.25, 0.3) is 0 Å². The van der Waals surface area contributed by atoms with Gasteiger partial charge in [0, 0.05) is 19.6 Å². The molecule has 0 aromatic rings. The summed E-state index contributed by atoms with van der Waals surface area (Å²) in [5.74, 6) is 0. The van der Waals surface area contributed by atoms with Crippen LogP contribution >= 0.6 is 0 Å². The fourth-order valence-corrected chi connectivity index (χ4v) is 7.93. The van der Waals surface area contributed by atoms with Crippen molar-refractivity contribution in [2.24, 2.45) is 0 Å². The Kier molecular flexibility index (Phi) is 42.4. The number of unbranched alkanes of at least 4 members (excludes halogenated alkanes) is 33. The Bertz CT molecular complexity index is 894. The number of hydrogen-bond acceptors (Lipinski definition) is 6. The van der Waals surface area contributed by atoms with Gasteiger partial charge in [0.2, 0.25) is 5.54 Å². The summed E-state index contributed by atoms with van der Waals surface area (Å²) in [5.41, 5.74) is -1.02. The molecule has 0 saturated carbocycles. The minimum absolute atomic E-state index is 0.0845. The van der Waals surface area contributed by atoms with Gasteiger partial charge < -0.3 is 34.6 Å². The molecule has 0 atom stereocenters. The van der Waals surface area contributed by atoms with Crippen molar-refractivity contribution in [2.45, 2.75) is 257 Å². The molecule has 0 heterocycles. The predicted molar refractivity (Wildman–Crippen MR) is 262 cm³/mol. The van der Waals surface area contributed by atoms with Gasteiger partial charge in [0.15, 0.2) is 19.8 Å². The number of rotatable bonds is 46. The third-order valence-corrected chi connectivity index (χ3v) is 12.7. The summed E-state index contributed by atoms with van der Waals surface area (Å²) in [6.07, 6.45) is 43.8. The second-order valence-corrected chi connectivity index (χ2v) is 19.4. The molecule has 10 nitrogen and oxygen atoms in total. The van der Waals surface area contributed by atoms with Crippen LogP contribution in [0.1, 0.15) is 252 Å². The standard InChI is InChI=1S/C52H104N4O6/c1-7-10-13-16-19-22-25-28-31-34-37-40-43-53-49(57)60-46-52(56(4,5)6,47-61-50(58)54-44-41-38-35-32-29-26-23-20-17-14-11-8-2)48-62-51(59)55-45-42-39-36-33-30-27-24-21-18-15-12-9-3/h7-48H2,1-6H3,(H2-,53,54,55,57,58,59)/p+1. The Morgan fingerprint density at radius 2 is 0.500 bits per heavy atom. The first kappa shape index (κ1) is 59.8. The van der Waals surface area contributed by atoms with Gasteiger partial charge in [0.1, 0.15) is 0 Å². The van der Waals surface area contributed by atoms with Crippen LogP contribution in [0.3, 0.4) is 0 Å². The third kappa shape index (κ3) is 38.2. The second kappa shape index (κ2) is 44.0. The molecular weight excluding hydrogens is 777 g/mol. The largest absolute Gasteiger partial charge is 0.443 e. The number of alkyl carbamates (subject to hydrolysis) is 3. The molecule has 0 unspecified atom stereocenters. The van der Waals surface area contributed by atoms with E-state index >= 15 is 0 Å². The van der Waals surface area contributed by atoms with Crippen molar-refractivity contribution in [1.29, 1.82) is 0 Å². The summed E-state index contributed by atoms with van der Waals surface area (Å²) in [7, 11) is 5.82. The number of quaternary nitrogens is 1. The summed E-state index contributed by atoms with van der Waals surface area (Å²) < 4.78 is 17.6. The van der Waals surface area contributed by atoms with E-state index in [2.05, 4.69) is 36.7 Å². The maximum atomic E-state index is 12.9. The molecule has 0 bridgehead atoms. The number of carbonyl (C=O) groups excluding carboxylic acids is 3. The van der Waals surface area contributed by atoms with Gasteiger partial charge in [-0.25, -0.2) is 14.4 Å². The van der Waals surface area contributed by atoms with E-state index in [0.717, 1.165) is 38.5 Å². The van der Waals surface area contributed by atoms with Gasteiger partial charge in [-0.05, 0) is 19.3 Å². The zero-order chi connectivity index (χ0) is 45.7. The zero-order valence-electron chi connectivity index (χ0n) is 42.1. The van der Waals surface area contributed by atoms with Crippen LogP contribution in [-0.2, 0) is 14.2 Å². The number of nitrogens with zero attached hydrogens (tertiary/aromatic N) is 1. The summed E-state index contributed by atoms with van der Waals surface area (Å²) in [6, 6.07) is 0. The molecule has 0 aromatic carbocycles. The Morgan fingerprint density at radius 3 is 0.677 bits per heavy atom. The summed E-state index contributed by atoms with van der Waals surface area (Å²) in [5, 5.41) is 8.70. The molecule has 0 spiro atoms. The van der Waals surface area contributed by atoms with Crippen LogP contribution in [0.15, 0.2) is 0 Å². The molecule has 0 radical (unpaired) electrons. The van der Waals surface area contributed by atoms with Gasteiger partial charge in [-0.3, -0.25) is 0 Å². The molecule has 3 amide bonds. The SMILES string of the molecule is CCCCCCCCCCCCCCNC(=O)OCC(COC(=O)NCCCCCCCCCCCCCC)(COC(=O)NCCCCCCCCCCCCCC)[N+](C)(C)C. The Morgan fingerprint density at radius 1 is 0.323 bits per heavy atom. The van der Waals surface area contributed by atoms with Gasteiger partial charge in [-0.15, -0.1) is 0 Å². The Balaban J connectivity index is 4.81. The highest BCUT2D eigenvalue weighted by molar-refractivity contribution is 5.68. The average molecular weight is 882 g/mol. The molecule has 0 rings (SSSR count). The summed E-state index contributed by atoms with van der Waals surface area (Å²) in [6.45, 7) is 8.17. The monoisotopic (exact) mass is 882 g/mol. The van der Waals surface area contributed by atoms with Crippen molar-refractivity contribution in [3.8, 4) is 0 Å². The zero-order valence-corrected chi connectivity index (χ0v) is 42.1. The van der Waals surface area contributed by atoms with E-state index < -0.39 is 23.8 Å². The van der Waals surface area contributed by atoms with Crippen molar-refractivity contribution < 1.29 is 33.1 Å². The molecule has 0 aliphatic rings. The minimum atomic E-state index is -1.02. The lowest BCUT2D eigenvalue weighted by molar-refractivity contribution is -0.925. The predicted octanol–water partition coefficient (Wildman–Crippen LogP) is 14.7. The van der Waals surface area contributed by atoms with E-state index in [9.17, 15) is 14.4 Å². The highest BCUT2D eigenvalue weighted by Gasteiger charge is 2.48. The Hall–Kier alpha value is -2.23. The lowest BCUT2D eigenvalue weighted by Crippen LogP contribution is -2.66. The minimum Gasteiger partial charge on any atom is -0.443 e. The fraction of sp³-hybridized carbons (Fsp3) is 0.942. The van der Waals surface area contributed by atoms with Gasteiger partial charge in [0.05, 0.1) is 21.1 Å². The van der Waals surface area contributed by atoms with E-state index in [1.807, 2.05) is 21.1 Å². The number of hydrogen-bond donors (Lipinski definition) is 3. The number of ether oxygens (including phenoxy) is 3. The van der Waals surface area contributed by atoms with E-state index in [4.69, 9.17) is 14.2 Å². The summed E-state index contributed by atoms with van der Waals surface area (Å²) in [4.78, 5) is 38.7. The lowest BCUT2D eigenvalue weighted by Gasteiger charge is -2.44. The third-order valence-electron chi connectivity index (χ3n) is 12.7. The first-order valence-corrected chi connectivity index (χ1v) is 26.6. The van der Waals surface area contributed by atoms with Gasteiger partial charge in [-0.2, -0.15) is 0 Å². The van der Waals surface area contributed by atoms with Crippen LogP contribution in [0.5, 0.6) is 0 Å². The highest BCUT2D eigenvalue weighted by Crippen LogP contribution is 2.22. The van der Waals surface area contributed by atoms with Crippen molar-refractivity contribution in [2.75, 3.05) is 60.6 Å². The van der Waals surface area contributed by atoms with E-state index in [1.165, 1.54) is 193 Å². The van der Waals surface area contributed by atoms with Crippen molar-refractivity contribution in [3.63, 3.8) is 0 Å². The maximum Gasteiger partial charge on any atom is 0.407 e. The topological polar surface area (TPSA) is 115 Å². The lowest BCUT2D eigenvalue weighted by atomic mass is 9.99. The number of likely N-dealkylation sites (N-methyl/N-ethyl adjacent to an activating group) is 1. The molecule has 368 valence electrons. The molecule has 10 heteroatoms. The van der Waals surface area contributed by atoms with E-state index in [-0.39, 0.29) is 24.3 Å². The number of amides is 3. The molecule has 0 aromatic heterocycles. The fourth-order valence-electron chi connectivity index (χ4n) is 7.93. The van der Waals surface area contributed by atoms with Crippen LogP contribution in [0, 0.1) is 0 Å². The smallest absolute Gasteiger partial charge is 0.407 e. The van der Waals surface area contributed by atoms with Crippen molar-refractivity contribution in [1.82, 2.24) is 16.0 Å². The van der Waals surface area contributed by atoms with Gasteiger partial charge >= 0.3 is 18.3 Å². The molecule has 0 aliphatic carbocycles. The quantitative estimate of drug-likeness (QED) is 0.0319. The second-order valence-electron chi connectivity index (χ2n) is 19.4. The van der Waals surface area contributed by atoms with Gasteiger partial charge in [-0.1, -0.05) is 233 Å². The Labute approximate surface area is 384 Å². The van der Waals surface area contributed by atoms with Crippen LogP contribution < -0.4 is 16.0 Å². The van der Waals surface area contributed by atoms with Crippen molar-refractivity contribution >= 4 is 18.3 Å². The molecule has 3 N–H and O–H groups in total. The van der Waals surface area contributed by atoms with Crippen LogP contribution in [0.4, 0.5) is 14.4 Å². The molecule has 0 fully saturated rings. The molecular formula is C52H105N4O6+. The maximum absolute atomic E-state index is 12.9.